The first-order valence-electron chi connectivity index (χ1n) is 9.51. The van der Waals surface area contributed by atoms with E-state index in [1.165, 1.54) is 5.56 Å². The Labute approximate surface area is 170 Å². The van der Waals surface area contributed by atoms with Gasteiger partial charge < -0.3 is 4.90 Å². The third-order valence-corrected chi connectivity index (χ3v) is 4.41. The molecule has 0 radical (unpaired) electrons. The maximum atomic E-state index is 4.22. The molecule has 0 heterocycles. The fourth-order valence-corrected chi connectivity index (χ4v) is 2.87. The Morgan fingerprint density at radius 1 is 0.964 bits per heavy atom. The van der Waals surface area contributed by atoms with Crippen molar-refractivity contribution in [2.24, 2.45) is 0 Å². The summed E-state index contributed by atoms with van der Waals surface area (Å²) in [7, 11) is 0. The number of rotatable bonds is 10. The Balaban J connectivity index is 2.06. The number of nitrogens with zero attached hydrogens (tertiary/aromatic N) is 1. The Kier molecular flexibility index (Phi) is 8.55. The summed E-state index contributed by atoms with van der Waals surface area (Å²) in [6, 6.07) is 20.7. The first-order chi connectivity index (χ1) is 13.7. The van der Waals surface area contributed by atoms with Crippen LogP contribution in [0.1, 0.15) is 18.4 Å². The van der Waals surface area contributed by atoms with Crippen molar-refractivity contribution in [3.05, 3.63) is 140 Å². The molecule has 0 saturated carbocycles. The summed E-state index contributed by atoms with van der Waals surface area (Å²) in [5, 5.41) is 0. The van der Waals surface area contributed by atoms with Gasteiger partial charge in [-0.1, -0.05) is 106 Å². The summed E-state index contributed by atoms with van der Waals surface area (Å²) >= 11 is 0. The van der Waals surface area contributed by atoms with E-state index in [-0.39, 0.29) is 0 Å². The lowest BCUT2D eigenvalue weighted by Gasteiger charge is -2.26. The number of hydrogen-bond donors (Lipinski definition) is 0. The molecule has 1 heteroatoms. The van der Waals surface area contributed by atoms with Crippen molar-refractivity contribution in [3.8, 4) is 0 Å². The van der Waals surface area contributed by atoms with E-state index in [1.54, 1.807) is 6.08 Å². The molecule has 0 aromatic heterocycles. The molecule has 142 valence electrons. The molecule has 0 N–H and O–H groups in total. The van der Waals surface area contributed by atoms with Crippen LogP contribution in [-0.2, 0) is 0 Å². The molecule has 0 amide bonds. The first kappa shape index (κ1) is 21.0. The second kappa shape index (κ2) is 11.4. The zero-order valence-electron chi connectivity index (χ0n) is 16.7. The van der Waals surface area contributed by atoms with Crippen LogP contribution in [-0.4, -0.2) is 6.54 Å². The van der Waals surface area contributed by atoms with Gasteiger partial charge in [0.1, 0.15) is 0 Å². The largest absolute Gasteiger partial charge is 0.337 e. The van der Waals surface area contributed by atoms with E-state index >= 15 is 0 Å². The zero-order chi connectivity index (χ0) is 20.2. The topological polar surface area (TPSA) is 3.24 Å². The summed E-state index contributed by atoms with van der Waals surface area (Å²) in [5.41, 5.74) is 4.41. The van der Waals surface area contributed by atoms with Gasteiger partial charge in [-0.05, 0) is 41.3 Å². The Morgan fingerprint density at radius 2 is 1.61 bits per heavy atom. The third-order valence-electron chi connectivity index (χ3n) is 4.41. The fourth-order valence-electron chi connectivity index (χ4n) is 2.87. The number of anilines is 1. The standard InChI is InChI=1S/C27H29N/c1-5-15-26(6-2)28(27-20-11-8-12-21-27)22-23(3)16-13-14-17-24(4)25-18-9-7-10-19-25/h5-21,24H,1-3,22H2,4H3/b16-13-,17-14-,26-15+. The van der Waals surface area contributed by atoms with E-state index < -0.39 is 0 Å². The minimum absolute atomic E-state index is 0.378. The van der Waals surface area contributed by atoms with Crippen LogP contribution in [0.4, 0.5) is 5.69 Å². The predicted octanol–water partition coefficient (Wildman–Crippen LogP) is 7.22. The lowest BCUT2D eigenvalue weighted by molar-refractivity contribution is 0.967. The van der Waals surface area contributed by atoms with Crippen LogP contribution in [0.25, 0.3) is 0 Å². The van der Waals surface area contributed by atoms with E-state index in [4.69, 9.17) is 0 Å². The monoisotopic (exact) mass is 367 g/mol. The van der Waals surface area contributed by atoms with Crippen molar-refractivity contribution in [3.63, 3.8) is 0 Å². The molecule has 1 nitrogen and oxygen atoms in total. The van der Waals surface area contributed by atoms with Crippen LogP contribution in [0.5, 0.6) is 0 Å². The molecule has 2 aromatic rings. The van der Waals surface area contributed by atoms with Crippen molar-refractivity contribution in [1.82, 2.24) is 0 Å². The van der Waals surface area contributed by atoms with Gasteiger partial charge in [-0.25, -0.2) is 0 Å². The van der Waals surface area contributed by atoms with Crippen LogP contribution in [0.15, 0.2) is 134 Å². The minimum Gasteiger partial charge on any atom is -0.337 e. The number of allylic oxidation sites excluding steroid dienone is 6. The van der Waals surface area contributed by atoms with Gasteiger partial charge in [0.15, 0.2) is 0 Å². The zero-order valence-corrected chi connectivity index (χ0v) is 16.7. The molecule has 1 atom stereocenters. The summed E-state index contributed by atoms with van der Waals surface area (Å²) < 4.78 is 0. The van der Waals surface area contributed by atoms with Crippen LogP contribution >= 0.6 is 0 Å². The maximum Gasteiger partial charge on any atom is 0.0475 e. The quantitative estimate of drug-likeness (QED) is 0.401. The molecule has 0 bridgehead atoms. The second-order valence-electron chi connectivity index (χ2n) is 6.55. The SMILES string of the molecule is C=C/C=C(\C=C)N(CC(=C)/C=C\C=C/C(C)c1ccccc1)c1ccccc1. The van der Waals surface area contributed by atoms with Crippen LogP contribution in [0, 0.1) is 0 Å². The molecule has 0 fully saturated rings. The van der Waals surface area contributed by atoms with Gasteiger partial charge in [0.05, 0.1) is 0 Å². The van der Waals surface area contributed by atoms with Crippen molar-refractivity contribution < 1.29 is 0 Å². The van der Waals surface area contributed by atoms with Gasteiger partial charge in [-0.2, -0.15) is 0 Å². The molecule has 2 rings (SSSR count). The van der Waals surface area contributed by atoms with Crippen LogP contribution in [0.2, 0.25) is 0 Å². The van der Waals surface area contributed by atoms with Crippen molar-refractivity contribution in [2.45, 2.75) is 12.8 Å². The summed E-state index contributed by atoms with van der Waals surface area (Å²) in [6.07, 6.45) is 14.0. The van der Waals surface area contributed by atoms with Gasteiger partial charge in [0.25, 0.3) is 0 Å². The predicted molar refractivity (Wildman–Crippen MR) is 125 cm³/mol. The Hall–Kier alpha value is -3.32. The highest BCUT2D eigenvalue weighted by atomic mass is 15.1. The molecule has 0 aliphatic carbocycles. The van der Waals surface area contributed by atoms with Crippen LogP contribution in [0.3, 0.4) is 0 Å². The van der Waals surface area contributed by atoms with Crippen molar-refractivity contribution in [1.29, 1.82) is 0 Å². The lowest BCUT2D eigenvalue weighted by atomic mass is 10.0. The molecule has 0 spiro atoms. The average molecular weight is 368 g/mol. The summed E-state index contributed by atoms with van der Waals surface area (Å²) in [6.45, 7) is 14.8. The van der Waals surface area contributed by atoms with Gasteiger partial charge in [-0.15, -0.1) is 0 Å². The van der Waals surface area contributed by atoms with E-state index in [2.05, 4.69) is 92.3 Å². The van der Waals surface area contributed by atoms with E-state index in [0.29, 0.717) is 12.5 Å². The summed E-state index contributed by atoms with van der Waals surface area (Å²) in [5.74, 6) is 0.378. The molecule has 0 aliphatic rings. The number of para-hydroxylation sites is 1. The van der Waals surface area contributed by atoms with E-state index in [0.717, 1.165) is 17.0 Å². The Bertz CT molecular complexity index is 854. The highest BCUT2D eigenvalue weighted by Crippen LogP contribution is 2.21. The molecule has 0 saturated heterocycles. The van der Waals surface area contributed by atoms with E-state index in [9.17, 15) is 0 Å². The smallest absolute Gasteiger partial charge is 0.0475 e. The third kappa shape index (κ3) is 6.44. The van der Waals surface area contributed by atoms with Gasteiger partial charge in [-0.3, -0.25) is 0 Å². The van der Waals surface area contributed by atoms with E-state index in [1.807, 2.05) is 36.4 Å². The van der Waals surface area contributed by atoms with Gasteiger partial charge in [0.2, 0.25) is 0 Å². The lowest BCUT2D eigenvalue weighted by Crippen LogP contribution is -2.23. The maximum absolute atomic E-state index is 4.22. The van der Waals surface area contributed by atoms with Gasteiger partial charge in [0, 0.05) is 17.9 Å². The van der Waals surface area contributed by atoms with Crippen LogP contribution < -0.4 is 4.90 Å². The number of benzene rings is 2. The first-order valence-corrected chi connectivity index (χ1v) is 9.51. The highest BCUT2D eigenvalue weighted by molar-refractivity contribution is 5.56. The molecule has 2 aromatic carbocycles. The Morgan fingerprint density at radius 3 is 2.21 bits per heavy atom. The average Bonchev–Trinajstić information content (AvgIpc) is 2.74. The molecular formula is C27H29N. The van der Waals surface area contributed by atoms with Crippen molar-refractivity contribution >= 4 is 5.69 Å². The fraction of sp³-hybridized carbons (Fsp3) is 0.111. The molecule has 28 heavy (non-hydrogen) atoms. The number of hydrogen-bond acceptors (Lipinski definition) is 1. The minimum atomic E-state index is 0.378. The molecule has 1 unspecified atom stereocenters. The highest BCUT2D eigenvalue weighted by Gasteiger charge is 2.09. The summed E-state index contributed by atoms with van der Waals surface area (Å²) in [4.78, 5) is 2.18. The second-order valence-corrected chi connectivity index (χ2v) is 6.55. The molecule has 0 aliphatic heterocycles. The normalized spacial score (nSPS) is 12.8. The molecular weight excluding hydrogens is 338 g/mol. The van der Waals surface area contributed by atoms with Crippen molar-refractivity contribution in [2.75, 3.05) is 11.4 Å². The van der Waals surface area contributed by atoms with Gasteiger partial charge >= 0.3 is 0 Å².